The molecule has 4 nitrogen and oxygen atoms in total. The average Bonchev–Trinajstić information content (AvgIpc) is 2.86. The van der Waals surface area contributed by atoms with Crippen molar-refractivity contribution in [1.29, 1.82) is 0 Å². The average molecular weight is 276 g/mol. The van der Waals surface area contributed by atoms with Crippen LogP contribution in [0.25, 0.3) is 10.6 Å². The summed E-state index contributed by atoms with van der Waals surface area (Å²) < 4.78 is 0. The van der Waals surface area contributed by atoms with Crippen LogP contribution in [-0.2, 0) is 11.2 Å². The molecule has 2 rings (SSSR count). The van der Waals surface area contributed by atoms with Crippen molar-refractivity contribution in [2.24, 2.45) is 0 Å². The highest BCUT2D eigenvalue weighted by molar-refractivity contribution is 7.13. The van der Waals surface area contributed by atoms with Crippen LogP contribution in [0.15, 0.2) is 35.7 Å². The molecule has 0 aliphatic carbocycles. The van der Waals surface area contributed by atoms with E-state index in [1.54, 1.807) is 6.92 Å². The number of hydrogen-bond donors (Lipinski definition) is 2. The van der Waals surface area contributed by atoms with E-state index in [9.17, 15) is 4.79 Å². The molecule has 5 heteroatoms. The molecule has 1 aromatic heterocycles. The molecule has 0 spiro atoms. The van der Waals surface area contributed by atoms with Gasteiger partial charge in [0.15, 0.2) is 0 Å². The summed E-state index contributed by atoms with van der Waals surface area (Å²) >= 11 is 1.53. The van der Waals surface area contributed by atoms with Crippen LogP contribution in [-0.4, -0.2) is 28.6 Å². The van der Waals surface area contributed by atoms with Gasteiger partial charge in [0.05, 0.1) is 18.2 Å². The quantitative estimate of drug-likeness (QED) is 0.876. The molecule has 0 saturated carbocycles. The van der Waals surface area contributed by atoms with E-state index in [4.69, 9.17) is 5.11 Å². The van der Waals surface area contributed by atoms with Crippen LogP contribution in [0, 0.1) is 0 Å². The van der Waals surface area contributed by atoms with E-state index in [1.165, 1.54) is 11.3 Å². The van der Waals surface area contributed by atoms with Crippen molar-refractivity contribution in [3.8, 4) is 10.6 Å². The third kappa shape index (κ3) is 4.15. The number of amides is 1. The van der Waals surface area contributed by atoms with Crippen LogP contribution in [0.5, 0.6) is 0 Å². The lowest BCUT2D eigenvalue weighted by Gasteiger charge is -2.05. The Labute approximate surface area is 116 Å². The number of benzene rings is 1. The molecule has 1 heterocycles. The summed E-state index contributed by atoms with van der Waals surface area (Å²) in [6.45, 7) is 1.91. The molecule has 2 aromatic rings. The monoisotopic (exact) mass is 276 g/mol. The standard InChI is InChI=1S/C14H16N2O2S/c1-10(17)8-15-13(18)7-12-9-19-14(16-12)11-5-3-2-4-6-11/h2-6,9-10,17H,7-8H2,1H3,(H,15,18). The van der Waals surface area contributed by atoms with E-state index in [0.717, 1.165) is 16.3 Å². The predicted octanol–water partition coefficient (Wildman–Crippen LogP) is 1.85. The van der Waals surface area contributed by atoms with Crippen LogP contribution >= 0.6 is 11.3 Å². The van der Waals surface area contributed by atoms with Crippen molar-refractivity contribution in [3.05, 3.63) is 41.4 Å². The second-order valence-corrected chi connectivity index (χ2v) is 5.20. The van der Waals surface area contributed by atoms with Gasteiger partial charge in [0.1, 0.15) is 5.01 Å². The zero-order chi connectivity index (χ0) is 13.7. The fourth-order valence-electron chi connectivity index (χ4n) is 1.59. The normalized spacial score (nSPS) is 12.1. The van der Waals surface area contributed by atoms with E-state index in [2.05, 4.69) is 10.3 Å². The molecule has 0 radical (unpaired) electrons. The summed E-state index contributed by atoms with van der Waals surface area (Å²) in [6.07, 6.45) is -0.282. The lowest BCUT2D eigenvalue weighted by atomic mass is 10.2. The molecule has 1 unspecified atom stereocenters. The minimum atomic E-state index is -0.528. The SMILES string of the molecule is CC(O)CNC(=O)Cc1csc(-c2ccccc2)n1. The van der Waals surface area contributed by atoms with E-state index >= 15 is 0 Å². The molecule has 0 bridgehead atoms. The van der Waals surface area contributed by atoms with Gasteiger partial charge in [0.2, 0.25) is 5.91 Å². The van der Waals surface area contributed by atoms with Gasteiger partial charge < -0.3 is 10.4 Å². The molecule has 0 aliphatic heterocycles. The highest BCUT2D eigenvalue weighted by Crippen LogP contribution is 2.23. The first-order chi connectivity index (χ1) is 9.15. The molecule has 100 valence electrons. The Morgan fingerprint density at radius 2 is 2.16 bits per heavy atom. The zero-order valence-corrected chi connectivity index (χ0v) is 11.5. The number of hydrogen-bond acceptors (Lipinski definition) is 4. The topological polar surface area (TPSA) is 62.2 Å². The smallest absolute Gasteiger partial charge is 0.226 e. The van der Waals surface area contributed by atoms with Gasteiger partial charge in [0.25, 0.3) is 0 Å². The van der Waals surface area contributed by atoms with E-state index in [-0.39, 0.29) is 18.9 Å². The van der Waals surface area contributed by atoms with E-state index in [0.29, 0.717) is 0 Å². The number of thiazole rings is 1. The maximum atomic E-state index is 11.6. The largest absolute Gasteiger partial charge is 0.392 e. The Bertz CT molecular complexity index is 537. The molecule has 1 aromatic carbocycles. The van der Waals surface area contributed by atoms with Crippen LogP contribution < -0.4 is 5.32 Å². The maximum Gasteiger partial charge on any atom is 0.226 e. The molecular weight excluding hydrogens is 260 g/mol. The molecule has 0 aliphatic rings. The van der Waals surface area contributed by atoms with Crippen molar-refractivity contribution in [1.82, 2.24) is 10.3 Å². The summed E-state index contributed by atoms with van der Waals surface area (Å²) in [6, 6.07) is 9.88. The van der Waals surface area contributed by atoms with Crippen molar-refractivity contribution in [2.75, 3.05) is 6.54 Å². The van der Waals surface area contributed by atoms with Gasteiger partial charge >= 0.3 is 0 Å². The number of aliphatic hydroxyl groups excluding tert-OH is 1. The number of nitrogens with zero attached hydrogens (tertiary/aromatic N) is 1. The summed E-state index contributed by atoms with van der Waals surface area (Å²) in [4.78, 5) is 16.0. The van der Waals surface area contributed by atoms with Crippen LogP contribution in [0.4, 0.5) is 0 Å². The van der Waals surface area contributed by atoms with Crippen LogP contribution in [0.1, 0.15) is 12.6 Å². The minimum absolute atomic E-state index is 0.120. The third-order valence-electron chi connectivity index (χ3n) is 2.51. The molecule has 1 amide bonds. The Morgan fingerprint density at radius 1 is 1.42 bits per heavy atom. The third-order valence-corrected chi connectivity index (χ3v) is 3.45. The Balaban J connectivity index is 1.96. The van der Waals surface area contributed by atoms with E-state index in [1.807, 2.05) is 35.7 Å². The second kappa shape index (κ2) is 6.45. The molecule has 2 N–H and O–H groups in total. The van der Waals surface area contributed by atoms with Gasteiger partial charge in [-0.25, -0.2) is 4.98 Å². The molecule has 0 fully saturated rings. The fourth-order valence-corrected chi connectivity index (χ4v) is 2.42. The Kier molecular flexibility index (Phi) is 4.65. The van der Waals surface area contributed by atoms with Crippen molar-refractivity contribution < 1.29 is 9.90 Å². The number of carbonyl (C=O) groups is 1. The maximum absolute atomic E-state index is 11.6. The molecule has 0 saturated heterocycles. The lowest BCUT2D eigenvalue weighted by molar-refractivity contribution is -0.120. The van der Waals surface area contributed by atoms with Crippen molar-refractivity contribution >= 4 is 17.2 Å². The van der Waals surface area contributed by atoms with Crippen LogP contribution in [0.3, 0.4) is 0 Å². The highest BCUT2D eigenvalue weighted by atomic mass is 32.1. The number of nitrogens with one attached hydrogen (secondary N) is 1. The second-order valence-electron chi connectivity index (χ2n) is 4.34. The van der Waals surface area contributed by atoms with E-state index < -0.39 is 6.10 Å². The van der Waals surface area contributed by atoms with Crippen molar-refractivity contribution in [3.63, 3.8) is 0 Å². The first kappa shape index (κ1) is 13.7. The molecule has 19 heavy (non-hydrogen) atoms. The van der Waals surface area contributed by atoms with Gasteiger partial charge in [-0.15, -0.1) is 11.3 Å². The summed E-state index contributed by atoms with van der Waals surface area (Å²) in [5, 5.41) is 14.6. The van der Waals surface area contributed by atoms with Gasteiger partial charge in [-0.05, 0) is 6.92 Å². The van der Waals surface area contributed by atoms with Gasteiger partial charge in [0, 0.05) is 17.5 Å². The highest BCUT2D eigenvalue weighted by Gasteiger charge is 2.09. The predicted molar refractivity (Wildman–Crippen MR) is 75.9 cm³/mol. The fraction of sp³-hybridized carbons (Fsp3) is 0.286. The first-order valence-corrected chi connectivity index (χ1v) is 6.97. The van der Waals surface area contributed by atoms with Gasteiger partial charge in [-0.2, -0.15) is 0 Å². The summed E-state index contributed by atoms with van der Waals surface area (Å²) in [7, 11) is 0. The molecule has 1 atom stereocenters. The zero-order valence-electron chi connectivity index (χ0n) is 10.7. The lowest BCUT2D eigenvalue weighted by Crippen LogP contribution is -2.31. The summed E-state index contributed by atoms with van der Waals surface area (Å²) in [5.41, 5.74) is 1.81. The Morgan fingerprint density at radius 3 is 2.84 bits per heavy atom. The van der Waals surface area contributed by atoms with Crippen molar-refractivity contribution in [2.45, 2.75) is 19.4 Å². The minimum Gasteiger partial charge on any atom is -0.392 e. The number of rotatable bonds is 5. The Hall–Kier alpha value is -1.72. The van der Waals surface area contributed by atoms with Crippen LogP contribution in [0.2, 0.25) is 0 Å². The van der Waals surface area contributed by atoms with Gasteiger partial charge in [-0.1, -0.05) is 30.3 Å². The van der Waals surface area contributed by atoms with Gasteiger partial charge in [-0.3, -0.25) is 4.79 Å². The summed E-state index contributed by atoms with van der Waals surface area (Å²) in [5.74, 6) is -0.120. The molecular formula is C14H16N2O2S. The first-order valence-electron chi connectivity index (χ1n) is 6.09. The number of carbonyl (C=O) groups excluding carboxylic acids is 1. The number of aliphatic hydroxyl groups is 1. The number of aromatic nitrogens is 1.